The number of hydrogen-bond acceptors (Lipinski definition) is 5. The van der Waals surface area contributed by atoms with Crippen molar-refractivity contribution < 1.29 is 20.2 Å². The highest BCUT2D eigenvalue weighted by Crippen LogP contribution is 2.22. The number of hydrogen-bond donors (Lipinski definition) is 3. The number of nitrogens with zero attached hydrogens (tertiary/aromatic N) is 1. The lowest BCUT2D eigenvalue weighted by Crippen LogP contribution is -2.19. The summed E-state index contributed by atoms with van der Waals surface area (Å²) in [6.07, 6.45) is -2.34. The molecule has 6 nitrogen and oxygen atoms in total. The average Bonchev–Trinajstić information content (AvgIpc) is 2.28. The Hall–Kier alpha value is -1.50. The molecule has 16 heavy (non-hydrogen) atoms. The molecule has 0 amide bonds. The Morgan fingerprint density at radius 1 is 1.38 bits per heavy atom. The van der Waals surface area contributed by atoms with Crippen LogP contribution in [0.2, 0.25) is 0 Å². The van der Waals surface area contributed by atoms with Crippen LogP contribution in [0.3, 0.4) is 0 Å². The summed E-state index contributed by atoms with van der Waals surface area (Å²) in [6.45, 7) is -0.257. The van der Waals surface area contributed by atoms with Crippen molar-refractivity contribution in [1.82, 2.24) is 0 Å². The molecule has 88 valence electrons. The normalized spacial score (nSPS) is 14.4. The fourth-order valence-corrected chi connectivity index (χ4v) is 1.33. The molecule has 0 heterocycles. The van der Waals surface area contributed by atoms with Crippen LogP contribution >= 0.6 is 0 Å². The van der Waals surface area contributed by atoms with E-state index in [0.717, 1.165) is 0 Å². The van der Waals surface area contributed by atoms with Gasteiger partial charge in [-0.3, -0.25) is 10.1 Å². The van der Waals surface area contributed by atoms with E-state index in [-0.39, 0.29) is 24.3 Å². The molecule has 1 aromatic rings. The molecule has 0 aliphatic heterocycles. The first-order valence-corrected chi connectivity index (χ1v) is 4.77. The lowest BCUT2D eigenvalue weighted by Gasteiger charge is -2.16. The number of nitro benzene ring substituents is 1. The molecule has 2 atom stereocenters. The topological polar surface area (TPSA) is 104 Å². The molecular weight excluding hydrogens is 214 g/mol. The van der Waals surface area contributed by atoms with E-state index in [1.54, 1.807) is 0 Å². The van der Waals surface area contributed by atoms with Gasteiger partial charge in [0.05, 0.1) is 11.0 Å². The second kappa shape index (κ2) is 5.55. The zero-order valence-electron chi connectivity index (χ0n) is 8.48. The Balaban J connectivity index is 2.86. The summed E-state index contributed by atoms with van der Waals surface area (Å²) >= 11 is 0. The first-order chi connectivity index (χ1) is 7.56. The first kappa shape index (κ1) is 12.6. The molecule has 2 unspecified atom stereocenters. The number of nitro groups is 1. The molecule has 0 saturated carbocycles. The minimum atomic E-state index is -1.23. The van der Waals surface area contributed by atoms with Gasteiger partial charge in [-0.2, -0.15) is 0 Å². The lowest BCUT2D eigenvalue weighted by molar-refractivity contribution is -0.385. The summed E-state index contributed by atoms with van der Waals surface area (Å²) in [6, 6.07) is 5.42. The third-order valence-electron chi connectivity index (χ3n) is 2.21. The molecular formula is C10H13NO5. The number of rotatable bonds is 5. The molecule has 3 N–H and O–H groups in total. The highest BCUT2D eigenvalue weighted by molar-refractivity contribution is 5.35. The SMILES string of the molecule is O=[N+]([O-])c1cccc(C(O)C(O)CCO)c1. The van der Waals surface area contributed by atoms with Crippen molar-refractivity contribution in [2.24, 2.45) is 0 Å². The summed E-state index contributed by atoms with van der Waals surface area (Å²) in [5.74, 6) is 0. The highest BCUT2D eigenvalue weighted by Gasteiger charge is 2.19. The van der Waals surface area contributed by atoms with Crippen LogP contribution in [0.1, 0.15) is 18.1 Å². The van der Waals surface area contributed by atoms with Gasteiger partial charge in [-0.15, -0.1) is 0 Å². The smallest absolute Gasteiger partial charge is 0.269 e. The third kappa shape index (κ3) is 2.99. The molecule has 0 saturated heterocycles. The van der Waals surface area contributed by atoms with E-state index in [1.807, 2.05) is 0 Å². The Morgan fingerprint density at radius 2 is 2.06 bits per heavy atom. The van der Waals surface area contributed by atoms with Gasteiger partial charge in [0.2, 0.25) is 0 Å². The van der Waals surface area contributed by atoms with Crippen molar-refractivity contribution in [3.05, 3.63) is 39.9 Å². The average molecular weight is 227 g/mol. The molecule has 1 rings (SSSR count). The Bertz CT molecular complexity index is 368. The predicted molar refractivity (Wildman–Crippen MR) is 55.8 cm³/mol. The van der Waals surface area contributed by atoms with Gasteiger partial charge in [0.15, 0.2) is 0 Å². The van der Waals surface area contributed by atoms with Gasteiger partial charge in [-0.05, 0) is 12.0 Å². The first-order valence-electron chi connectivity index (χ1n) is 4.77. The maximum atomic E-state index is 10.5. The van der Waals surface area contributed by atoms with Crippen molar-refractivity contribution in [2.75, 3.05) is 6.61 Å². The van der Waals surface area contributed by atoms with Crippen molar-refractivity contribution >= 4 is 5.69 Å². The van der Waals surface area contributed by atoms with Gasteiger partial charge >= 0.3 is 0 Å². The van der Waals surface area contributed by atoms with Gasteiger partial charge in [0.1, 0.15) is 6.10 Å². The predicted octanol–water partition coefficient (Wildman–Crippen LogP) is 0.371. The lowest BCUT2D eigenvalue weighted by atomic mass is 10.0. The summed E-state index contributed by atoms with van der Waals surface area (Å²) in [7, 11) is 0. The van der Waals surface area contributed by atoms with E-state index in [1.165, 1.54) is 24.3 Å². The monoisotopic (exact) mass is 227 g/mol. The van der Waals surface area contributed by atoms with Crippen LogP contribution in [0.5, 0.6) is 0 Å². The Kier molecular flexibility index (Phi) is 4.36. The maximum Gasteiger partial charge on any atom is 0.269 e. The van der Waals surface area contributed by atoms with Crippen LogP contribution in [0.25, 0.3) is 0 Å². The Morgan fingerprint density at radius 3 is 2.62 bits per heavy atom. The fourth-order valence-electron chi connectivity index (χ4n) is 1.33. The minimum Gasteiger partial charge on any atom is -0.396 e. The number of non-ortho nitro benzene ring substituents is 1. The quantitative estimate of drug-likeness (QED) is 0.498. The molecule has 1 aromatic carbocycles. The zero-order chi connectivity index (χ0) is 12.1. The van der Waals surface area contributed by atoms with E-state index in [2.05, 4.69) is 0 Å². The van der Waals surface area contributed by atoms with E-state index in [0.29, 0.717) is 0 Å². The molecule has 0 aliphatic rings. The van der Waals surface area contributed by atoms with Crippen LogP contribution < -0.4 is 0 Å². The number of aliphatic hydroxyl groups is 3. The molecule has 0 bridgehead atoms. The molecule has 6 heteroatoms. The Labute approximate surface area is 91.9 Å². The summed E-state index contributed by atoms with van der Waals surface area (Å²) in [5, 5.41) is 38.2. The van der Waals surface area contributed by atoms with Gasteiger partial charge in [0, 0.05) is 18.7 Å². The van der Waals surface area contributed by atoms with Crippen LogP contribution in [-0.2, 0) is 0 Å². The van der Waals surface area contributed by atoms with Crippen molar-refractivity contribution in [3.63, 3.8) is 0 Å². The van der Waals surface area contributed by atoms with Crippen LogP contribution in [-0.4, -0.2) is 33.0 Å². The summed E-state index contributed by atoms with van der Waals surface area (Å²) in [4.78, 5) is 9.92. The van der Waals surface area contributed by atoms with Crippen LogP contribution in [0, 0.1) is 10.1 Å². The van der Waals surface area contributed by atoms with Crippen molar-refractivity contribution in [2.45, 2.75) is 18.6 Å². The van der Waals surface area contributed by atoms with Gasteiger partial charge in [-0.1, -0.05) is 12.1 Å². The summed E-state index contributed by atoms with van der Waals surface area (Å²) in [5.41, 5.74) is 0.114. The van der Waals surface area contributed by atoms with Crippen LogP contribution in [0.4, 0.5) is 5.69 Å². The summed E-state index contributed by atoms with van der Waals surface area (Å²) < 4.78 is 0. The molecule has 0 fully saturated rings. The standard InChI is InChI=1S/C10H13NO5/c12-5-4-9(13)10(14)7-2-1-3-8(6-7)11(15)16/h1-3,6,9-10,12-14H,4-5H2. The third-order valence-corrected chi connectivity index (χ3v) is 2.21. The fraction of sp³-hybridized carbons (Fsp3) is 0.400. The second-order valence-corrected chi connectivity index (χ2v) is 3.38. The highest BCUT2D eigenvalue weighted by atomic mass is 16.6. The van der Waals surface area contributed by atoms with Crippen molar-refractivity contribution in [3.8, 4) is 0 Å². The zero-order valence-corrected chi connectivity index (χ0v) is 8.48. The van der Waals surface area contributed by atoms with Crippen LogP contribution in [0.15, 0.2) is 24.3 Å². The van der Waals surface area contributed by atoms with E-state index < -0.39 is 17.1 Å². The maximum absolute atomic E-state index is 10.5. The van der Waals surface area contributed by atoms with Gasteiger partial charge < -0.3 is 15.3 Å². The molecule has 0 spiro atoms. The molecule has 0 aromatic heterocycles. The molecule has 0 aliphatic carbocycles. The minimum absolute atomic E-state index is 0.0177. The molecule has 0 radical (unpaired) electrons. The second-order valence-electron chi connectivity index (χ2n) is 3.38. The van der Waals surface area contributed by atoms with E-state index >= 15 is 0 Å². The van der Waals surface area contributed by atoms with Gasteiger partial charge in [-0.25, -0.2) is 0 Å². The van der Waals surface area contributed by atoms with Gasteiger partial charge in [0.25, 0.3) is 5.69 Å². The number of aliphatic hydroxyl groups excluding tert-OH is 3. The number of benzene rings is 1. The largest absolute Gasteiger partial charge is 0.396 e. The van der Waals surface area contributed by atoms with E-state index in [9.17, 15) is 20.3 Å². The van der Waals surface area contributed by atoms with Crippen molar-refractivity contribution in [1.29, 1.82) is 0 Å². The van der Waals surface area contributed by atoms with E-state index in [4.69, 9.17) is 5.11 Å².